The lowest BCUT2D eigenvalue weighted by Gasteiger charge is -2.14. The van der Waals surface area contributed by atoms with Crippen LogP contribution < -0.4 is 5.32 Å². The second kappa shape index (κ2) is 8.67. The summed E-state index contributed by atoms with van der Waals surface area (Å²) in [4.78, 5) is 51.7. The summed E-state index contributed by atoms with van der Waals surface area (Å²) in [5.74, 6) is -1.16. The van der Waals surface area contributed by atoms with Crippen molar-refractivity contribution in [3.05, 3.63) is 63.7 Å². The molecular formula is C22H22ClN3O4. The van der Waals surface area contributed by atoms with Crippen LogP contribution in [0.3, 0.4) is 0 Å². The van der Waals surface area contributed by atoms with E-state index in [4.69, 9.17) is 11.6 Å². The van der Waals surface area contributed by atoms with Gasteiger partial charge in [-0.3, -0.25) is 24.1 Å². The standard InChI is InChI=1S/C22H22ClN3O4/c1-13-6-8-15-17(11-13)22(30)26(21(15)29)10-4-5-19(27)24-14-7-9-16(18(23)12-14)20(28)25(2)3/h6-9,11-12H,4-5,10H2,1-3H3,(H,24,27). The topological polar surface area (TPSA) is 86.8 Å². The maximum absolute atomic E-state index is 12.5. The fourth-order valence-electron chi connectivity index (χ4n) is 3.24. The Balaban J connectivity index is 1.55. The van der Waals surface area contributed by atoms with Crippen molar-refractivity contribution in [3.63, 3.8) is 0 Å². The molecule has 156 valence electrons. The molecule has 2 aromatic rings. The van der Waals surface area contributed by atoms with Crippen molar-refractivity contribution in [2.24, 2.45) is 0 Å². The van der Waals surface area contributed by atoms with Gasteiger partial charge in [0.15, 0.2) is 0 Å². The van der Waals surface area contributed by atoms with E-state index in [2.05, 4.69) is 5.32 Å². The van der Waals surface area contributed by atoms with Gasteiger partial charge in [0, 0.05) is 32.7 Å². The first-order chi connectivity index (χ1) is 14.2. The molecule has 0 aliphatic carbocycles. The second-order valence-electron chi connectivity index (χ2n) is 7.36. The first-order valence-corrected chi connectivity index (χ1v) is 9.84. The minimum atomic E-state index is -0.330. The van der Waals surface area contributed by atoms with E-state index in [9.17, 15) is 19.2 Å². The van der Waals surface area contributed by atoms with Gasteiger partial charge in [0.05, 0.1) is 21.7 Å². The van der Waals surface area contributed by atoms with Gasteiger partial charge in [-0.2, -0.15) is 0 Å². The molecule has 0 aromatic heterocycles. The summed E-state index contributed by atoms with van der Waals surface area (Å²) in [6.07, 6.45) is 0.462. The molecule has 1 heterocycles. The van der Waals surface area contributed by atoms with E-state index in [1.165, 1.54) is 15.9 Å². The maximum atomic E-state index is 12.5. The lowest BCUT2D eigenvalue weighted by molar-refractivity contribution is -0.116. The maximum Gasteiger partial charge on any atom is 0.261 e. The summed E-state index contributed by atoms with van der Waals surface area (Å²) in [6.45, 7) is 2.02. The van der Waals surface area contributed by atoms with Crippen LogP contribution in [0.1, 0.15) is 49.5 Å². The number of carbonyl (C=O) groups is 4. The van der Waals surface area contributed by atoms with Gasteiger partial charge in [-0.25, -0.2) is 0 Å². The SMILES string of the molecule is Cc1ccc2c(c1)C(=O)N(CCCC(=O)Nc1ccc(C(=O)N(C)C)c(Cl)c1)C2=O. The van der Waals surface area contributed by atoms with Crippen molar-refractivity contribution in [2.45, 2.75) is 19.8 Å². The highest BCUT2D eigenvalue weighted by atomic mass is 35.5. The molecule has 0 spiro atoms. The van der Waals surface area contributed by atoms with Gasteiger partial charge in [0.2, 0.25) is 5.91 Å². The minimum absolute atomic E-state index is 0.127. The predicted octanol–water partition coefficient (Wildman–Crippen LogP) is 3.37. The molecular weight excluding hydrogens is 406 g/mol. The van der Waals surface area contributed by atoms with Gasteiger partial charge in [-0.15, -0.1) is 0 Å². The molecule has 4 amide bonds. The average Bonchev–Trinajstić information content (AvgIpc) is 2.91. The Kier molecular flexibility index (Phi) is 6.22. The van der Waals surface area contributed by atoms with Crippen LogP contribution in [0.5, 0.6) is 0 Å². The number of hydrogen-bond donors (Lipinski definition) is 1. The molecule has 0 atom stereocenters. The number of amides is 4. The molecule has 0 radical (unpaired) electrons. The van der Waals surface area contributed by atoms with Gasteiger partial charge in [-0.05, 0) is 43.7 Å². The summed E-state index contributed by atoms with van der Waals surface area (Å²) in [5.41, 5.74) is 2.54. The number of hydrogen-bond acceptors (Lipinski definition) is 4. The van der Waals surface area contributed by atoms with E-state index in [1.807, 2.05) is 6.92 Å². The van der Waals surface area contributed by atoms with Gasteiger partial charge >= 0.3 is 0 Å². The molecule has 0 unspecified atom stereocenters. The van der Waals surface area contributed by atoms with Crippen molar-refractivity contribution < 1.29 is 19.2 Å². The van der Waals surface area contributed by atoms with Crippen LogP contribution in [-0.4, -0.2) is 54.1 Å². The molecule has 0 saturated heterocycles. The Labute approximate surface area is 179 Å². The normalized spacial score (nSPS) is 12.7. The largest absolute Gasteiger partial charge is 0.345 e. The zero-order chi connectivity index (χ0) is 22.0. The Morgan fingerprint density at radius 3 is 2.40 bits per heavy atom. The second-order valence-corrected chi connectivity index (χ2v) is 7.76. The Hall–Kier alpha value is -3.19. The molecule has 0 fully saturated rings. The molecule has 7 nitrogen and oxygen atoms in total. The van der Waals surface area contributed by atoms with Crippen LogP contribution >= 0.6 is 11.6 Å². The number of carbonyl (C=O) groups excluding carboxylic acids is 4. The lowest BCUT2D eigenvalue weighted by Crippen LogP contribution is -2.31. The molecule has 3 rings (SSSR count). The number of fused-ring (bicyclic) bond motifs is 1. The summed E-state index contributed by atoms with van der Waals surface area (Å²) in [7, 11) is 3.26. The van der Waals surface area contributed by atoms with Crippen molar-refractivity contribution >= 4 is 40.9 Å². The summed E-state index contributed by atoms with van der Waals surface area (Å²) in [6, 6.07) is 9.84. The predicted molar refractivity (Wildman–Crippen MR) is 114 cm³/mol. The number of aryl methyl sites for hydroxylation is 1. The Bertz CT molecular complexity index is 1050. The smallest absolute Gasteiger partial charge is 0.261 e. The van der Waals surface area contributed by atoms with E-state index >= 15 is 0 Å². The number of halogens is 1. The van der Waals surface area contributed by atoms with Gasteiger partial charge in [-0.1, -0.05) is 23.2 Å². The molecule has 1 N–H and O–H groups in total. The van der Waals surface area contributed by atoms with Crippen molar-refractivity contribution in [1.82, 2.24) is 9.80 Å². The molecule has 8 heteroatoms. The highest BCUT2D eigenvalue weighted by Gasteiger charge is 2.34. The number of nitrogens with one attached hydrogen (secondary N) is 1. The first kappa shape index (κ1) is 21.5. The zero-order valence-corrected chi connectivity index (χ0v) is 17.7. The Morgan fingerprint density at radius 2 is 1.73 bits per heavy atom. The fraction of sp³-hybridized carbons (Fsp3) is 0.273. The van der Waals surface area contributed by atoms with Crippen LogP contribution in [0.25, 0.3) is 0 Å². The molecule has 1 aliphatic rings. The van der Waals surface area contributed by atoms with Gasteiger partial charge in [0.1, 0.15) is 0 Å². The van der Waals surface area contributed by atoms with E-state index in [-0.39, 0.29) is 41.6 Å². The number of imide groups is 1. The monoisotopic (exact) mass is 427 g/mol. The van der Waals surface area contributed by atoms with Crippen molar-refractivity contribution in [1.29, 1.82) is 0 Å². The van der Waals surface area contributed by atoms with E-state index in [0.717, 1.165) is 5.56 Å². The number of benzene rings is 2. The van der Waals surface area contributed by atoms with E-state index in [1.54, 1.807) is 44.4 Å². The quantitative estimate of drug-likeness (QED) is 0.716. The van der Waals surface area contributed by atoms with Crippen LogP contribution in [-0.2, 0) is 4.79 Å². The molecule has 1 aliphatic heterocycles. The third-order valence-corrected chi connectivity index (χ3v) is 5.11. The summed E-state index contributed by atoms with van der Waals surface area (Å²) in [5, 5.41) is 2.96. The summed E-state index contributed by atoms with van der Waals surface area (Å²) >= 11 is 6.15. The molecule has 2 aromatic carbocycles. The van der Waals surface area contributed by atoms with Crippen LogP contribution in [0, 0.1) is 6.92 Å². The van der Waals surface area contributed by atoms with E-state index < -0.39 is 0 Å². The zero-order valence-electron chi connectivity index (χ0n) is 17.0. The Morgan fingerprint density at radius 1 is 1.03 bits per heavy atom. The van der Waals surface area contributed by atoms with E-state index in [0.29, 0.717) is 28.8 Å². The lowest BCUT2D eigenvalue weighted by atomic mass is 10.1. The van der Waals surface area contributed by atoms with Crippen LogP contribution in [0.15, 0.2) is 36.4 Å². The number of anilines is 1. The van der Waals surface area contributed by atoms with Gasteiger partial charge in [0.25, 0.3) is 17.7 Å². The average molecular weight is 428 g/mol. The van der Waals surface area contributed by atoms with Crippen LogP contribution in [0.2, 0.25) is 5.02 Å². The van der Waals surface area contributed by atoms with Crippen molar-refractivity contribution in [3.8, 4) is 0 Å². The van der Waals surface area contributed by atoms with Crippen molar-refractivity contribution in [2.75, 3.05) is 26.0 Å². The summed E-state index contributed by atoms with van der Waals surface area (Å²) < 4.78 is 0. The third kappa shape index (κ3) is 4.36. The number of rotatable bonds is 6. The minimum Gasteiger partial charge on any atom is -0.345 e. The molecule has 0 saturated carbocycles. The third-order valence-electron chi connectivity index (χ3n) is 4.80. The molecule has 30 heavy (non-hydrogen) atoms. The van der Waals surface area contributed by atoms with Gasteiger partial charge < -0.3 is 10.2 Å². The van der Waals surface area contributed by atoms with Crippen LogP contribution in [0.4, 0.5) is 5.69 Å². The highest BCUT2D eigenvalue weighted by Crippen LogP contribution is 2.25. The highest BCUT2D eigenvalue weighted by molar-refractivity contribution is 6.34. The first-order valence-electron chi connectivity index (χ1n) is 9.47. The fourth-order valence-corrected chi connectivity index (χ4v) is 3.50. The molecule has 0 bridgehead atoms. The number of nitrogens with zero attached hydrogens (tertiary/aromatic N) is 2.